The Hall–Kier alpha value is -2.94. The number of urea groups is 1. The SMILES string of the molecule is COc1ccc(C(=O)NC2CCN(C3C=[N+](C)C(=O)N(C)C3=O)CC2)c(OC)c1. The number of likely N-dealkylation sites (tertiary alicyclic amines) is 1. The zero-order valence-electron chi connectivity index (χ0n) is 17.2. The van der Waals surface area contributed by atoms with Gasteiger partial charge < -0.3 is 14.8 Å². The van der Waals surface area contributed by atoms with Crippen molar-refractivity contribution in [3.8, 4) is 11.5 Å². The van der Waals surface area contributed by atoms with Gasteiger partial charge in [0, 0.05) is 25.2 Å². The van der Waals surface area contributed by atoms with Crippen molar-refractivity contribution in [1.82, 2.24) is 15.1 Å². The van der Waals surface area contributed by atoms with E-state index >= 15 is 0 Å². The number of nitrogens with one attached hydrogen (secondary N) is 1. The standard InChI is InChI=1S/C20H26N4O5/c1-22-12-16(19(26)23(2)20(22)27)24-9-7-13(8-10-24)21-18(25)15-6-5-14(28-3)11-17(15)29-4/h5-6,11-13,16H,7-10H2,1-4H3/p+1. The molecule has 1 unspecified atom stereocenters. The first-order valence-electron chi connectivity index (χ1n) is 9.52. The molecule has 0 bridgehead atoms. The molecule has 0 aliphatic carbocycles. The molecule has 4 amide bonds. The molecule has 0 radical (unpaired) electrons. The van der Waals surface area contributed by atoms with E-state index in [1.807, 2.05) is 4.90 Å². The van der Waals surface area contributed by atoms with Crippen molar-refractivity contribution in [2.24, 2.45) is 0 Å². The summed E-state index contributed by atoms with van der Waals surface area (Å²) in [5.74, 6) is 0.651. The fourth-order valence-corrected chi connectivity index (χ4v) is 3.69. The van der Waals surface area contributed by atoms with Crippen molar-refractivity contribution >= 4 is 24.1 Å². The van der Waals surface area contributed by atoms with Crippen molar-refractivity contribution in [2.75, 3.05) is 41.4 Å². The van der Waals surface area contributed by atoms with E-state index in [9.17, 15) is 14.4 Å². The zero-order chi connectivity index (χ0) is 21.1. The molecule has 1 atom stereocenters. The van der Waals surface area contributed by atoms with E-state index < -0.39 is 6.04 Å². The number of amides is 4. The number of piperidine rings is 1. The lowest BCUT2D eigenvalue weighted by Crippen LogP contribution is -2.59. The molecule has 3 rings (SSSR count). The van der Waals surface area contributed by atoms with Gasteiger partial charge in [-0.2, -0.15) is 9.69 Å². The predicted octanol–water partition coefficient (Wildman–Crippen LogP) is 0.572. The third-order valence-corrected chi connectivity index (χ3v) is 5.45. The van der Waals surface area contributed by atoms with Crippen LogP contribution in [0.3, 0.4) is 0 Å². The summed E-state index contributed by atoms with van der Waals surface area (Å²) in [4.78, 5) is 40.2. The molecule has 1 saturated heterocycles. The summed E-state index contributed by atoms with van der Waals surface area (Å²) in [5.41, 5.74) is 0.452. The van der Waals surface area contributed by atoms with Gasteiger partial charge in [0.25, 0.3) is 5.91 Å². The quantitative estimate of drug-likeness (QED) is 0.723. The van der Waals surface area contributed by atoms with Gasteiger partial charge in [-0.3, -0.25) is 9.69 Å². The van der Waals surface area contributed by atoms with Crippen LogP contribution >= 0.6 is 0 Å². The highest BCUT2D eigenvalue weighted by atomic mass is 16.5. The van der Waals surface area contributed by atoms with Crippen LogP contribution in [0.5, 0.6) is 11.5 Å². The molecule has 2 aliphatic heterocycles. The van der Waals surface area contributed by atoms with Crippen molar-refractivity contribution in [2.45, 2.75) is 24.9 Å². The van der Waals surface area contributed by atoms with Crippen LogP contribution in [0.25, 0.3) is 0 Å². The Bertz CT molecular complexity index is 845. The second-order valence-corrected chi connectivity index (χ2v) is 7.23. The largest absolute Gasteiger partial charge is 0.500 e. The van der Waals surface area contributed by atoms with Gasteiger partial charge in [0.1, 0.15) is 17.7 Å². The molecule has 2 heterocycles. The molecule has 2 aliphatic rings. The van der Waals surface area contributed by atoms with Gasteiger partial charge in [-0.15, -0.1) is 0 Å². The summed E-state index contributed by atoms with van der Waals surface area (Å²) in [6.07, 6.45) is 3.08. The second kappa shape index (κ2) is 8.60. The van der Waals surface area contributed by atoms with E-state index in [1.165, 1.54) is 18.7 Å². The van der Waals surface area contributed by atoms with Crippen LogP contribution < -0.4 is 14.8 Å². The molecule has 1 N–H and O–H groups in total. The molecule has 156 valence electrons. The lowest BCUT2D eigenvalue weighted by atomic mass is 10.0. The van der Waals surface area contributed by atoms with Gasteiger partial charge >= 0.3 is 11.9 Å². The van der Waals surface area contributed by atoms with Crippen LogP contribution in [0.15, 0.2) is 18.2 Å². The number of ether oxygens (including phenoxy) is 2. The van der Waals surface area contributed by atoms with Gasteiger partial charge in [0.2, 0.25) is 0 Å². The van der Waals surface area contributed by atoms with Crippen LogP contribution in [0, 0.1) is 0 Å². The fourth-order valence-electron chi connectivity index (χ4n) is 3.69. The molecular weight excluding hydrogens is 376 g/mol. The van der Waals surface area contributed by atoms with Gasteiger partial charge in [0.05, 0.1) is 33.9 Å². The van der Waals surface area contributed by atoms with E-state index in [1.54, 1.807) is 38.6 Å². The summed E-state index contributed by atoms with van der Waals surface area (Å²) < 4.78 is 11.9. The summed E-state index contributed by atoms with van der Waals surface area (Å²) >= 11 is 0. The number of carbonyl (C=O) groups excluding carboxylic acids is 3. The third-order valence-electron chi connectivity index (χ3n) is 5.45. The number of hydrogen-bond acceptors (Lipinski definition) is 6. The number of nitrogens with zero attached hydrogens (tertiary/aromatic N) is 3. The lowest BCUT2D eigenvalue weighted by molar-refractivity contribution is -0.401. The smallest absolute Gasteiger partial charge is 0.497 e. The third kappa shape index (κ3) is 4.24. The van der Waals surface area contributed by atoms with Gasteiger partial charge in [-0.25, -0.2) is 9.37 Å². The Morgan fingerprint density at radius 2 is 1.86 bits per heavy atom. The second-order valence-electron chi connectivity index (χ2n) is 7.23. The molecule has 0 spiro atoms. The van der Waals surface area contributed by atoms with E-state index in [0.29, 0.717) is 43.0 Å². The number of rotatable bonds is 5. The number of methoxy groups -OCH3 is 2. The summed E-state index contributed by atoms with van der Waals surface area (Å²) in [7, 11) is 6.21. The first kappa shape index (κ1) is 20.8. The van der Waals surface area contributed by atoms with Crippen molar-refractivity contribution in [3.05, 3.63) is 23.8 Å². The van der Waals surface area contributed by atoms with Crippen LogP contribution in [0.2, 0.25) is 0 Å². The topological polar surface area (TPSA) is 91.2 Å². The highest BCUT2D eigenvalue weighted by Crippen LogP contribution is 2.25. The highest BCUT2D eigenvalue weighted by molar-refractivity contribution is 6.06. The molecule has 1 fully saturated rings. The molecule has 29 heavy (non-hydrogen) atoms. The Morgan fingerprint density at radius 1 is 1.17 bits per heavy atom. The molecule has 9 nitrogen and oxygen atoms in total. The maximum atomic E-state index is 12.7. The Labute approximate surface area is 169 Å². The minimum absolute atomic E-state index is 0.00124. The number of benzene rings is 1. The van der Waals surface area contributed by atoms with E-state index in [2.05, 4.69) is 5.32 Å². The van der Waals surface area contributed by atoms with Gasteiger partial charge in [0.15, 0.2) is 6.04 Å². The maximum absolute atomic E-state index is 12.7. The van der Waals surface area contributed by atoms with E-state index in [0.717, 1.165) is 4.90 Å². The van der Waals surface area contributed by atoms with Crippen molar-refractivity contribution < 1.29 is 28.4 Å². The maximum Gasteiger partial charge on any atom is 0.500 e. The first-order chi connectivity index (χ1) is 13.8. The average molecular weight is 403 g/mol. The monoisotopic (exact) mass is 403 g/mol. The molecule has 1 aromatic rings. The van der Waals surface area contributed by atoms with Crippen LogP contribution in [0.4, 0.5) is 4.79 Å². The van der Waals surface area contributed by atoms with Crippen LogP contribution in [0.1, 0.15) is 23.2 Å². The minimum atomic E-state index is -0.457. The van der Waals surface area contributed by atoms with Crippen molar-refractivity contribution in [1.29, 1.82) is 0 Å². The fraction of sp³-hybridized carbons (Fsp3) is 0.500. The zero-order valence-corrected chi connectivity index (χ0v) is 17.2. The summed E-state index contributed by atoms with van der Waals surface area (Å²) in [6.45, 7) is 1.29. The first-order valence-corrected chi connectivity index (χ1v) is 9.52. The predicted molar refractivity (Wildman–Crippen MR) is 106 cm³/mol. The molecule has 0 aromatic heterocycles. The number of likely N-dealkylation sites (N-methyl/N-ethyl adjacent to an activating group) is 1. The van der Waals surface area contributed by atoms with E-state index in [-0.39, 0.29) is 23.9 Å². The van der Waals surface area contributed by atoms with Crippen molar-refractivity contribution in [3.63, 3.8) is 0 Å². The Kier molecular flexibility index (Phi) is 6.17. The number of carbonyl (C=O) groups is 3. The molecule has 1 aromatic carbocycles. The molecule has 9 heteroatoms. The normalized spacial score (nSPS) is 21.0. The lowest BCUT2D eigenvalue weighted by Gasteiger charge is -2.36. The number of hydrogen-bond donors (Lipinski definition) is 1. The van der Waals surface area contributed by atoms with Crippen LogP contribution in [-0.2, 0) is 4.79 Å². The molecule has 0 saturated carbocycles. The summed E-state index contributed by atoms with van der Waals surface area (Å²) in [5, 5.41) is 3.05. The Morgan fingerprint density at radius 3 is 2.48 bits per heavy atom. The Balaban J connectivity index is 1.61. The minimum Gasteiger partial charge on any atom is -0.497 e. The number of imide groups is 1. The van der Waals surface area contributed by atoms with Crippen LogP contribution in [-0.4, -0.2) is 91.9 Å². The highest BCUT2D eigenvalue weighted by Gasteiger charge is 2.42. The molecular formula is C20H27N4O5+. The van der Waals surface area contributed by atoms with E-state index in [4.69, 9.17) is 9.47 Å². The summed E-state index contributed by atoms with van der Waals surface area (Å²) in [6, 6.07) is 4.29. The van der Waals surface area contributed by atoms with Gasteiger partial charge in [-0.05, 0) is 25.0 Å². The average Bonchev–Trinajstić information content (AvgIpc) is 2.74. The van der Waals surface area contributed by atoms with Gasteiger partial charge in [-0.1, -0.05) is 0 Å².